The Balaban J connectivity index is 1.49. The third kappa shape index (κ3) is 5.83. The average Bonchev–Trinajstić information content (AvgIpc) is 3.37. The molecule has 9 heteroatoms. The minimum Gasteiger partial charge on any atom is -0.497 e. The van der Waals surface area contributed by atoms with Crippen LogP contribution in [-0.2, 0) is 19.4 Å². The fourth-order valence-electron chi connectivity index (χ4n) is 3.45. The van der Waals surface area contributed by atoms with Crippen LogP contribution in [0, 0.1) is 0 Å². The van der Waals surface area contributed by atoms with Gasteiger partial charge in [-0.15, -0.1) is 10.2 Å². The number of halogens is 2. The number of tetrazole rings is 1. The highest BCUT2D eigenvalue weighted by Crippen LogP contribution is 2.35. The Labute approximate surface area is 205 Å². The van der Waals surface area contributed by atoms with Gasteiger partial charge in [0, 0.05) is 16.7 Å². The van der Waals surface area contributed by atoms with E-state index in [2.05, 4.69) is 48.7 Å². The summed E-state index contributed by atoms with van der Waals surface area (Å²) in [6.45, 7) is 0.361. The van der Waals surface area contributed by atoms with E-state index in [1.165, 1.54) is 5.56 Å². The van der Waals surface area contributed by atoms with E-state index in [1.54, 1.807) is 14.2 Å². The number of hydrogen-bond acceptors (Lipinski definition) is 6. The van der Waals surface area contributed by atoms with Gasteiger partial charge < -0.3 is 14.2 Å². The average molecular weight is 530 g/mol. The first-order valence-corrected chi connectivity index (χ1v) is 11.4. The minimum atomic E-state index is 0.361. The molecule has 0 aliphatic carbocycles. The van der Waals surface area contributed by atoms with Crippen molar-refractivity contribution in [3.8, 4) is 28.6 Å². The summed E-state index contributed by atoms with van der Waals surface area (Å²) in [4.78, 5) is 0. The van der Waals surface area contributed by atoms with Crippen molar-refractivity contribution in [3.05, 3.63) is 80.8 Å². The van der Waals surface area contributed by atoms with Crippen molar-refractivity contribution < 1.29 is 14.2 Å². The Bertz CT molecular complexity index is 1200. The monoisotopic (exact) mass is 528 g/mol. The van der Waals surface area contributed by atoms with Gasteiger partial charge in [0.1, 0.15) is 23.9 Å². The smallest absolute Gasteiger partial charge is 0.204 e. The van der Waals surface area contributed by atoms with Crippen LogP contribution in [0.4, 0.5) is 0 Å². The normalized spacial score (nSPS) is 10.8. The van der Waals surface area contributed by atoms with Gasteiger partial charge in [0.2, 0.25) is 5.82 Å². The number of hydrogen-bond donors (Lipinski definition) is 1. The quantitative estimate of drug-likeness (QED) is 0.301. The third-order valence-electron chi connectivity index (χ3n) is 5.12. The number of aromatic amines is 1. The molecule has 0 amide bonds. The third-order valence-corrected chi connectivity index (χ3v) is 5.93. The number of nitrogens with one attached hydrogen (secondary N) is 1. The fourth-order valence-corrected chi connectivity index (χ4v) is 4.44. The van der Waals surface area contributed by atoms with Crippen LogP contribution in [0.5, 0.6) is 17.2 Å². The molecule has 33 heavy (non-hydrogen) atoms. The molecule has 0 aliphatic rings. The lowest BCUT2D eigenvalue weighted by Crippen LogP contribution is -2.02. The molecule has 1 heterocycles. The molecular weight excluding hydrogens is 508 g/mol. The van der Waals surface area contributed by atoms with E-state index in [0.29, 0.717) is 29.0 Å². The first-order valence-electron chi connectivity index (χ1n) is 10.2. The Morgan fingerprint density at radius 1 is 0.909 bits per heavy atom. The van der Waals surface area contributed by atoms with Gasteiger partial charge in [-0.3, -0.25) is 0 Å². The summed E-state index contributed by atoms with van der Waals surface area (Å²) in [5.41, 5.74) is 4.06. The van der Waals surface area contributed by atoms with Crippen molar-refractivity contribution >= 4 is 27.5 Å². The van der Waals surface area contributed by atoms with Gasteiger partial charge in [-0.2, -0.15) is 5.21 Å². The Morgan fingerprint density at radius 3 is 2.27 bits per heavy atom. The number of benzene rings is 3. The molecule has 0 fully saturated rings. The van der Waals surface area contributed by atoms with E-state index >= 15 is 0 Å². The van der Waals surface area contributed by atoms with Crippen molar-refractivity contribution in [1.82, 2.24) is 20.6 Å². The van der Waals surface area contributed by atoms with E-state index in [-0.39, 0.29) is 0 Å². The maximum atomic E-state index is 6.34. The maximum absolute atomic E-state index is 6.34. The second-order valence-corrected chi connectivity index (χ2v) is 8.61. The van der Waals surface area contributed by atoms with Crippen LogP contribution in [0.25, 0.3) is 11.4 Å². The molecule has 7 nitrogen and oxygen atoms in total. The zero-order valence-corrected chi connectivity index (χ0v) is 20.5. The van der Waals surface area contributed by atoms with Gasteiger partial charge in [-0.1, -0.05) is 35.9 Å². The molecule has 4 aromatic rings. The lowest BCUT2D eigenvalue weighted by atomic mass is 10.0. The van der Waals surface area contributed by atoms with Crippen molar-refractivity contribution in [2.45, 2.75) is 19.4 Å². The van der Waals surface area contributed by atoms with Crippen LogP contribution in [0.3, 0.4) is 0 Å². The molecule has 0 atom stereocenters. The number of aryl methyl sites for hydroxylation is 2. The minimum absolute atomic E-state index is 0.361. The molecule has 1 N–H and O–H groups in total. The molecular formula is C24H22BrClN4O3. The standard InChI is InChI=1S/C24H22BrClN4O3/c1-31-20-9-16(10-21(13-20)32-2)14-33-23-18(11-19(26)12-22(23)25)8-5-15-3-6-17(7-4-15)24-27-29-30-28-24/h3-4,6-7,9-13H,5,8,14H2,1-2H3,(H,27,28,29,30). The lowest BCUT2D eigenvalue weighted by Gasteiger charge is -2.15. The van der Waals surface area contributed by atoms with Crippen LogP contribution < -0.4 is 14.2 Å². The van der Waals surface area contributed by atoms with Gasteiger partial charge in [-0.25, -0.2) is 0 Å². The van der Waals surface area contributed by atoms with Crippen molar-refractivity contribution in [1.29, 1.82) is 0 Å². The molecule has 0 bridgehead atoms. The first kappa shape index (κ1) is 23.1. The molecule has 170 valence electrons. The largest absolute Gasteiger partial charge is 0.497 e. The Kier molecular flexibility index (Phi) is 7.47. The van der Waals surface area contributed by atoms with Gasteiger partial charge in [0.05, 0.1) is 18.7 Å². The number of rotatable bonds is 9. The predicted molar refractivity (Wildman–Crippen MR) is 130 cm³/mol. The Hall–Kier alpha value is -3.10. The SMILES string of the molecule is COc1cc(COc2c(Br)cc(Cl)cc2CCc2ccc(-c3nn[nH]n3)cc2)cc(OC)c1. The van der Waals surface area contributed by atoms with Crippen molar-refractivity contribution in [2.24, 2.45) is 0 Å². The summed E-state index contributed by atoms with van der Waals surface area (Å²) in [5, 5.41) is 14.7. The topological polar surface area (TPSA) is 82.2 Å². The molecule has 0 radical (unpaired) electrons. The molecule has 0 aliphatic heterocycles. The molecule has 4 rings (SSSR count). The van der Waals surface area contributed by atoms with Crippen molar-refractivity contribution in [2.75, 3.05) is 14.2 Å². The molecule has 0 saturated heterocycles. The molecule has 1 aromatic heterocycles. The molecule has 3 aromatic carbocycles. The maximum Gasteiger partial charge on any atom is 0.204 e. The van der Waals surface area contributed by atoms with Crippen LogP contribution >= 0.6 is 27.5 Å². The second-order valence-electron chi connectivity index (χ2n) is 7.32. The summed E-state index contributed by atoms with van der Waals surface area (Å²) in [6.07, 6.45) is 1.58. The predicted octanol–water partition coefficient (Wildman–Crippen LogP) is 5.66. The van der Waals surface area contributed by atoms with Gasteiger partial charge in [0.25, 0.3) is 0 Å². The summed E-state index contributed by atoms with van der Waals surface area (Å²) < 4.78 is 17.7. The van der Waals surface area contributed by atoms with Crippen molar-refractivity contribution in [3.63, 3.8) is 0 Å². The van der Waals surface area contributed by atoms with Crippen LogP contribution in [0.2, 0.25) is 5.02 Å². The number of ether oxygens (including phenoxy) is 3. The number of H-pyrrole nitrogens is 1. The van der Waals surface area contributed by atoms with Gasteiger partial charge >= 0.3 is 0 Å². The molecule has 0 spiro atoms. The first-order chi connectivity index (χ1) is 16.1. The van der Waals surface area contributed by atoms with Gasteiger partial charge in [-0.05, 0) is 74.9 Å². The lowest BCUT2D eigenvalue weighted by molar-refractivity contribution is 0.298. The highest BCUT2D eigenvalue weighted by Gasteiger charge is 2.13. The van der Waals surface area contributed by atoms with Crippen LogP contribution in [-0.4, -0.2) is 34.8 Å². The molecule has 0 unspecified atom stereocenters. The summed E-state index contributed by atoms with van der Waals surface area (Å²) in [5.74, 6) is 2.77. The number of methoxy groups -OCH3 is 2. The number of aromatic nitrogens is 4. The highest BCUT2D eigenvalue weighted by atomic mass is 79.9. The fraction of sp³-hybridized carbons (Fsp3) is 0.208. The van der Waals surface area contributed by atoms with Crippen LogP contribution in [0.1, 0.15) is 16.7 Å². The highest BCUT2D eigenvalue weighted by molar-refractivity contribution is 9.10. The van der Waals surface area contributed by atoms with E-state index < -0.39 is 0 Å². The molecule has 0 saturated carbocycles. The van der Waals surface area contributed by atoms with E-state index in [1.807, 2.05) is 42.5 Å². The summed E-state index contributed by atoms with van der Waals surface area (Å²) in [7, 11) is 3.25. The van der Waals surface area contributed by atoms with E-state index in [4.69, 9.17) is 25.8 Å². The zero-order valence-electron chi connectivity index (χ0n) is 18.1. The summed E-state index contributed by atoms with van der Waals surface area (Å²) in [6, 6.07) is 17.6. The second kappa shape index (κ2) is 10.7. The number of nitrogens with zero attached hydrogens (tertiary/aromatic N) is 3. The van der Waals surface area contributed by atoms with Crippen LogP contribution in [0.15, 0.2) is 59.1 Å². The Morgan fingerprint density at radius 2 is 1.64 bits per heavy atom. The van der Waals surface area contributed by atoms with E-state index in [0.717, 1.165) is 39.8 Å². The van der Waals surface area contributed by atoms with E-state index in [9.17, 15) is 0 Å². The van der Waals surface area contributed by atoms with Gasteiger partial charge in [0.15, 0.2) is 0 Å². The summed E-state index contributed by atoms with van der Waals surface area (Å²) >= 11 is 9.94. The zero-order chi connectivity index (χ0) is 23.2.